The summed E-state index contributed by atoms with van der Waals surface area (Å²) >= 11 is 0. The third-order valence-electron chi connectivity index (χ3n) is 4.56. The van der Waals surface area contributed by atoms with Crippen LogP contribution in [0.4, 0.5) is 5.69 Å². The summed E-state index contributed by atoms with van der Waals surface area (Å²) in [5, 5.41) is 12.8. The van der Waals surface area contributed by atoms with E-state index in [1.165, 1.54) is 4.31 Å². The largest absolute Gasteiger partial charge is 0.393 e. The molecule has 1 saturated heterocycles. The van der Waals surface area contributed by atoms with Crippen molar-refractivity contribution in [3.05, 3.63) is 24.3 Å². The first-order valence-corrected chi connectivity index (χ1v) is 8.43. The molecule has 3 atom stereocenters. The monoisotopic (exact) mass is 296 g/mol. The Kier molecular flexibility index (Phi) is 3.48. The zero-order chi connectivity index (χ0) is 14.3. The van der Waals surface area contributed by atoms with Crippen molar-refractivity contribution in [3.8, 4) is 0 Å². The number of anilines is 1. The van der Waals surface area contributed by atoms with Crippen molar-refractivity contribution in [2.24, 2.45) is 11.8 Å². The van der Waals surface area contributed by atoms with Crippen molar-refractivity contribution in [1.29, 1.82) is 0 Å². The molecule has 3 unspecified atom stereocenters. The topological polar surface area (TPSA) is 69.6 Å². The number of aliphatic hydroxyl groups excluding tert-OH is 1. The highest BCUT2D eigenvalue weighted by atomic mass is 32.2. The molecule has 0 amide bonds. The van der Waals surface area contributed by atoms with Crippen molar-refractivity contribution in [3.63, 3.8) is 0 Å². The van der Waals surface area contributed by atoms with E-state index in [-0.39, 0.29) is 12.0 Å². The maximum absolute atomic E-state index is 12.8. The molecule has 110 valence electrons. The van der Waals surface area contributed by atoms with Crippen LogP contribution >= 0.6 is 0 Å². The predicted octanol–water partition coefficient (Wildman–Crippen LogP) is 1.12. The summed E-state index contributed by atoms with van der Waals surface area (Å²) in [6, 6.07) is 6.94. The van der Waals surface area contributed by atoms with Crippen LogP contribution in [0.15, 0.2) is 29.2 Å². The number of para-hydroxylation sites is 1. The maximum atomic E-state index is 12.8. The van der Waals surface area contributed by atoms with E-state index in [1.54, 1.807) is 25.2 Å². The highest BCUT2D eigenvalue weighted by Gasteiger charge is 2.46. The van der Waals surface area contributed by atoms with E-state index in [9.17, 15) is 13.5 Å². The minimum absolute atomic E-state index is 0.103. The van der Waals surface area contributed by atoms with Crippen molar-refractivity contribution in [1.82, 2.24) is 4.31 Å². The van der Waals surface area contributed by atoms with Crippen LogP contribution in [-0.2, 0) is 10.0 Å². The molecule has 20 heavy (non-hydrogen) atoms. The second-order valence-electron chi connectivity index (χ2n) is 5.64. The molecule has 1 saturated carbocycles. The number of nitrogens with zero attached hydrogens (tertiary/aromatic N) is 1. The molecule has 1 aliphatic heterocycles. The molecule has 0 spiro atoms. The molecule has 2 aliphatic rings. The number of fused-ring (bicyclic) bond motifs is 1. The van der Waals surface area contributed by atoms with Gasteiger partial charge in [-0.2, -0.15) is 4.31 Å². The van der Waals surface area contributed by atoms with Crippen LogP contribution in [0.2, 0.25) is 0 Å². The lowest BCUT2D eigenvalue weighted by Gasteiger charge is -2.20. The third-order valence-corrected chi connectivity index (χ3v) is 6.45. The summed E-state index contributed by atoms with van der Waals surface area (Å²) in [6.45, 7) is 0.967. The average molecular weight is 296 g/mol. The van der Waals surface area contributed by atoms with Gasteiger partial charge in [0, 0.05) is 26.1 Å². The third kappa shape index (κ3) is 2.12. The molecule has 0 radical (unpaired) electrons. The first-order valence-electron chi connectivity index (χ1n) is 6.99. The predicted molar refractivity (Wildman–Crippen MR) is 77.0 cm³/mol. The number of rotatable bonds is 3. The Morgan fingerprint density at radius 3 is 2.70 bits per heavy atom. The van der Waals surface area contributed by atoms with Gasteiger partial charge in [-0.3, -0.25) is 0 Å². The lowest BCUT2D eigenvalue weighted by atomic mass is 10.00. The number of aliphatic hydroxyl groups is 1. The Morgan fingerprint density at radius 1 is 1.25 bits per heavy atom. The van der Waals surface area contributed by atoms with E-state index in [1.807, 2.05) is 6.07 Å². The van der Waals surface area contributed by atoms with Crippen LogP contribution in [0, 0.1) is 11.8 Å². The molecule has 2 fully saturated rings. The number of sulfonamides is 1. The van der Waals surface area contributed by atoms with Gasteiger partial charge in [-0.05, 0) is 30.9 Å². The van der Waals surface area contributed by atoms with E-state index in [0.29, 0.717) is 29.6 Å². The van der Waals surface area contributed by atoms with Crippen LogP contribution in [0.5, 0.6) is 0 Å². The van der Waals surface area contributed by atoms with E-state index < -0.39 is 10.0 Å². The van der Waals surface area contributed by atoms with Gasteiger partial charge >= 0.3 is 0 Å². The summed E-state index contributed by atoms with van der Waals surface area (Å²) in [5.74, 6) is 0.410. The Bertz CT molecular complexity index is 602. The molecule has 0 bridgehead atoms. The van der Waals surface area contributed by atoms with E-state index >= 15 is 0 Å². The highest BCUT2D eigenvalue weighted by Crippen LogP contribution is 2.40. The molecule has 0 aromatic heterocycles. The van der Waals surface area contributed by atoms with Gasteiger partial charge in [0.1, 0.15) is 4.90 Å². The Morgan fingerprint density at radius 2 is 2.00 bits per heavy atom. The molecule has 3 rings (SSSR count). The summed E-state index contributed by atoms with van der Waals surface area (Å²) in [6.07, 6.45) is 1.38. The SMILES string of the molecule is CNc1ccccc1S(=O)(=O)N1CC2CCC(O)C2C1. The highest BCUT2D eigenvalue weighted by molar-refractivity contribution is 7.89. The van der Waals surface area contributed by atoms with Crippen LogP contribution < -0.4 is 5.32 Å². The minimum Gasteiger partial charge on any atom is -0.393 e. The zero-order valence-corrected chi connectivity index (χ0v) is 12.3. The number of benzene rings is 1. The Labute approximate surface area is 119 Å². The van der Waals surface area contributed by atoms with Gasteiger partial charge in [0.15, 0.2) is 0 Å². The van der Waals surface area contributed by atoms with E-state index in [4.69, 9.17) is 0 Å². The number of nitrogens with one attached hydrogen (secondary N) is 1. The van der Waals surface area contributed by atoms with Gasteiger partial charge in [-0.1, -0.05) is 12.1 Å². The van der Waals surface area contributed by atoms with Crippen LogP contribution in [0.3, 0.4) is 0 Å². The van der Waals surface area contributed by atoms with Gasteiger partial charge in [0.2, 0.25) is 10.0 Å². The van der Waals surface area contributed by atoms with Crippen molar-refractivity contribution >= 4 is 15.7 Å². The summed E-state index contributed by atoms with van der Waals surface area (Å²) in [5.41, 5.74) is 0.616. The average Bonchev–Trinajstić information content (AvgIpc) is 3.02. The minimum atomic E-state index is -3.49. The molecule has 5 nitrogen and oxygen atoms in total. The van der Waals surface area contributed by atoms with Gasteiger partial charge in [-0.15, -0.1) is 0 Å². The second-order valence-corrected chi connectivity index (χ2v) is 7.54. The Balaban J connectivity index is 1.90. The summed E-state index contributed by atoms with van der Waals surface area (Å²) < 4.78 is 27.0. The molecule has 2 N–H and O–H groups in total. The van der Waals surface area contributed by atoms with Gasteiger partial charge in [-0.25, -0.2) is 8.42 Å². The fourth-order valence-corrected chi connectivity index (χ4v) is 5.16. The van der Waals surface area contributed by atoms with Gasteiger partial charge in [0.05, 0.1) is 11.8 Å². The van der Waals surface area contributed by atoms with Crippen molar-refractivity contribution < 1.29 is 13.5 Å². The molecular weight excluding hydrogens is 276 g/mol. The summed E-state index contributed by atoms with van der Waals surface area (Å²) in [4.78, 5) is 0.317. The second kappa shape index (κ2) is 5.02. The standard InChI is InChI=1S/C14H20N2O3S/c1-15-12-4-2-3-5-14(12)20(18,19)16-8-10-6-7-13(17)11(10)9-16/h2-5,10-11,13,15,17H,6-9H2,1H3. The molecular formula is C14H20N2O3S. The molecule has 1 aromatic rings. The molecule has 1 aromatic carbocycles. The van der Waals surface area contributed by atoms with Crippen LogP contribution in [0.1, 0.15) is 12.8 Å². The molecule has 1 heterocycles. The molecule has 6 heteroatoms. The van der Waals surface area contributed by atoms with E-state index in [0.717, 1.165) is 12.8 Å². The van der Waals surface area contributed by atoms with Gasteiger partial charge < -0.3 is 10.4 Å². The Hall–Kier alpha value is -1.11. The fraction of sp³-hybridized carbons (Fsp3) is 0.571. The molecule has 1 aliphatic carbocycles. The first-order chi connectivity index (χ1) is 9.54. The van der Waals surface area contributed by atoms with E-state index in [2.05, 4.69) is 5.32 Å². The van der Waals surface area contributed by atoms with Crippen molar-refractivity contribution in [2.45, 2.75) is 23.8 Å². The summed E-state index contributed by atoms with van der Waals surface area (Å²) in [7, 11) is -1.77. The first kappa shape index (κ1) is 13.9. The normalized spacial score (nSPS) is 30.4. The van der Waals surface area contributed by atoms with Crippen molar-refractivity contribution in [2.75, 3.05) is 25.5 Å². The zero-order valence-electron chi connectivity index (χ0n) is 11.5. The smallest absolute Gasteiger partial charge is 0.245 e. The van der Waals surface area contributed by atoms with Crippen LogP contribution in [0.25, 0.3) is 0 Å². The van der Waals surface area contributed by atoms with Crippen LogP contribution in [-0.4, -0.2) is 44.1 Å². The number of hydrogen-bond donors (Lipinski definition) is 2. The maximum Gasteiger partial charge on any atom is 0.245 e. The quantitative estimate of drug-likeness (QED) is 0.877. The van der Waals surface area contributed by atoms with Gasteiger partial charge in [0.25, 0.3) is 0 Å². The lowest BCUT2D eigenvalue weighted by Crippen LogP contribution is -2.31. The lowest BCUT2D eigenvalue weighted by molar-refractivity contribution is 0.129. The number of hydrogen-bond acceptors (Lipinski definition) is 4. The fourth-order valence-electron chi connectivity index (χ4n) is 3.43.